The molecule has 28 heavy (non-hydrogen) atoms. The molecule has 0 radical (unpaired) electrons. The van der Waals surface area contributed by atoms with Crippen molar-refractivity contribution in [1.29, 1.82) is 0 Å². The quantitative estimate of drug-likeness (QED) is 0.531. The van der Waals surface area contributed by atoms with E-state index in [2.05, 4.69) is 5.32 Å². The molecular formula is C19H27ClN2O5S. The normalized spacial score (nSPS) is 10.8. The van der Waals surface area contributed by atoms with Gasteiger partial charge in [0, 0.05) is 6.54 Å². The first-order valence-corrected chi connectivity index (χ1v) is 10.3. The molecule has 0 amide bonds. The number of ether oxygens (including phenoxy) is 3. The van der Waals surface area contributed by atoms with Crippen molar-refractivity contribution in [3.8, 4) is 17.2 Å². The largest absolute Gasteiger partial charge is 0.495 e. The molecule has 0 atom stereocenters. The zero-order valence-electron chi connectivity index (χ0n) is 16.0. The van der Waals surface area contributed by atoms with Crippen molar-refractivity contribution in [2.45, 2.75) is 18.2 Å². The Labute approximate surface area is 172 Å². The smallest absolute Gasteiger partial charge is 0.241 e. The second kappa shape index (κ2) is 11.8. The van der Waals surface area contributed by atoms with Gasteiger partial charge in [-0.15, -0.1) is 12.4 Å². The van der Waals surface area contributed by atoms with Gasteiger partial charge < -0.3 is 19.5 Å². The fraction of sp³-hybridized carbons (Fsp3) is 0.368. The van der Waals surface area contributed by atoms with Crippen LogP contribution in [0.5, 0.6) is 17.2 Å². The number of halogens is 1. The number of hydrogen-bond acceptors (Lipinski definition) is 6. The van der Waals surface area contributed by atoms with Crippen LogP contribution in [0.15, 0.2) is 47.4 Å². The van der Waals surface area contributed by atoms with Crippen molar-refractivity contribution in [3.63, 3.8) is 0 Å². The number of hydrogen-bond donors (Lipinski definition) is 2. The van der Waals surface area contributed by atoms with Crippen LogP contribution in [0, 0.1) is 0 Å². The highest BCUT2D eigenvalue weighted by Gasteiger charge is 2.15. The minimum Gasteiger partial charge on any atom is -0.495 e. The lowest BCUT2D eigenvalue weighted by Crippen LogP contribution is -2.23. The predicted octanol–water partition coefficient (Wildman–Crippen LogP) is 2.37. The Morgan fingerprint density at radius 2 is 1.68 bits per heavy atom. The molecule has 0 aliphatic rings. The van der Waals surface area contributed by atoms with Gasteiger partial charge in [0.05, 0.1) is 13.7 Å². The van der Waals surface area contributed by atoms with Crippen LogP contribution < -0.4 is 24.7 Å². The third-order valence-corrected chi connectivity index (χ3v) is 4.74. The van der Waals surface area contributed by atoms with Crippen LogP contribution in [0.1, 0.15) is 12.5 Å². The molecule has 2 rings (SSSR count). The number of primary sulfonamides is 1. The van der Waals surface area contributed by atoms with Crippen LogP contribution in [0.3, 0.4) is 0 Å². The lowest BCUT2D eigenvalue weighted by atomic mass is 10.1. The Balaban J connectivity index is 0.00000392. The van der Waals surface area contributed by atoms with E-state index in [4.69, 9.17) is 19.3 Å². The van der Waals surface area contributed by atoms with Crippen molar-refractivity contribution in [3.05, 3.63) is 48.0 Å². The molecule has 0 bridgehead atoms. The number of para-hydroxylation sites is 2. The maximum atomic E-state index is 11.6. The van der Waals surface area contributed by atoms with Crippen LogP contribution in [0.2, 0.25) is 0 Å². The van der Waals surface area contributed by atoms with Crippen molar-refractivity contribution in [1.82, 2.24) is 5.32 Å². The van der Waals surface area contributed by atoms with Gasteiger partial charge in [-0.2, -0.15) is 0 Å². The second-order valence-corrected chi connectivity index (χ2v) is 7.29. The Hall–Kier alpha value is -2.00. The summed E-state index contributed by atoms with van der Waals surface area (Å²) in [6.07, 6.45) is 0.655. The Morgan fingerprint density at radius 1 is 1.00 bits per heavy atom. The average Bonchev–Trinajstić information content (AvgIpc) is 2.65. The van der Waals surface area contributed by atoms with E-state index >= 15 is 0 Å². The maximum absolute atomic E-state index is 11.6. The molecule has 0 fully saturated rings. The van der Waals surface area contributed by atoms with E-state index in [1.165, 1.54) is 7.11 Å². The van der Waals surface area contributed by atoms with Crippen molar-refractivity contribution >= 4 is 22.4 Å². The van der Waals surface area contributed by atoms with Crippen LogP contribution in [-0.4, -0.2) is 41.8 Å². The van der Waals surface area contributed by atoms with Gasteiger partial charge in [-0.3, -0.25) is 0 Å². The van der Waals surface area contributed by atoms with Crippen molar-refractivity contribution in [2.75, 3.05) is 33.4 Å². The van der Waals surface area contributed by atoms with E-state index in [0.717, 1.165) is 11.3 Å². The Kier molecular flexibility index (Phi) is 10.1. The summed E-state index contributed by atoms with van der Waals surface area (Å²) in [6.45, 7) is 4.33. The summed E-state index contributed by atoms with van der Waals surface area (Å²) in [4.78, 5) is -0.00151. The number of benzene rings is 2. The molecule has 0 unspecified atom stereocenters. The third kappa shape index (κ3) is 7.20. The van der Waals surface area contributed by atoms with Gasteiger partial charge in [0.2, 0.25) is 10.0 Å². The molecule has 0 saturated carbocycles. The average molecular weight is 431 g/mol. The summed E-state index contributed by atoms with van der Waals surface area (Å²) in [5.41, 5.74) is 0.856. The number of nitrogens with two attached hydrogens (primary N) is 1. The highest BCUT2D eigenvalue weighted by molar-refractivity contribution is 7.89. The molecule has 9 heteroatoms. The Bertz CT molecular complexity index is 846. The van der Waals surface area contributed by atoms with Gasteiger partial charge in [0.15, 0.2) is 11.5 Å². The van der Waals surface area contributed by atoms with Gasteiger partial charge in [-0.25, -0.2) is 13.6 Å². The van der Waals surface area contributed by atoms with E-state index in [9.17, 15) is 8.42 Å². The van der Waals surface area contributed by atoms with Crippen LogP contribution in [0.4, 0.5) is 0 Å². The Morgan fingerprint density at radius 3 is 2.29 bits per heavy atom. The van der Waals surface area contributed by atoms with Gasteiger partial charge in [-0.05, 0) is 49.7 Å². The molecule has 0 aliphatic carbocycles. The lowest BCUT2D eigenvalue weighted by Gasteiger charge is -2.12. The van der Waals surface area contributed by atoms with Crippen LogP contribution in [0.25, 0.3) is 0 Å². The fourth-order valence-electron chi connectivity index (χ4n) is 2.53. The molecule has 2 aromatic rings. The standard InChI is InChI=1S/C19H26N2O5S.ClH/c1-3-25-16-6-4-5-7-17(16)26-13-12-21-11-10-15-8-9-18(24-2)19(14-15)27(20,22)23;/h4-9,14,21H,3,10-13H2,1-2H3,(H2,20,22,23);1H. The molecule has 0 saturated heterocycles. The molecule has 156 valence electrons. The van der Waals surface area contributed by atoms with Gasteiger partial charge >= 0.3 is 0 Å². The van der Waals surface area contributed by atoms with Crippen molar-refractivity contribution < 1.29 is 22.6 Å². The molecule has 2 aromatic carbocycles. The van der Waals surface area contributed by atoms with E-state index in [1.807, 2.05) is 37.3 Å². The van der Waals surface area contributed by atoms with E-state index in [0.29, 0.717) is 38.5 Å². The van der Waals surface area contributed by atoms with Gasteiger partial charge in [-0.1, -0.05) is 18.2 Å². The number of rotatable bonds is 11. The zero-order valence-corrected chi connectivity index (χ0v) is 17.6. The molecule has 7 nitrogen and oxygen atoms in total. The monoisotopic (exact) mass is 430 g/mol. The molecule has 0 heterocycles. The summed E-state index contributed by atoms with van der Waals surface area (Å²) < 4.78 is 39.6. The zero-order chi connectivity index (χ0) is 19.7. The van der Waals surface area contributed by atoms with Crippen LogP contribution >= 0.6 is 12.4 Å². The summed E-state index contributed by atoms with van der Waals surface area (Å²) in [7, 11) is -2.41. The van der Waals surface area contributed by atoms with Gasteiger partial charge in [0.25, 0.3) is 0 Å². The van der Waals surface area contributed by atoms with Crippen LogP contribution in [-0.2, 0) is 16.4 Å². The molecular weight excluding hydrogens is 404 g/mol. The summed E-state index contributed by atoms with van der Waals surface area (Å²) >= 11 is 0. The summed E-state index contributed by atoms with van der Waals surface area (Å²) in [5.74, 6) is 1.69. The summed E-state index contributed by atoms with van der Waals surface area (Å²) in [6, 6.07) is 12.5. The van der Waals surface area contributed by atoms with E-state index in [1.54, 1.807) is 12.1 Å². The SMILES string of the molecule is CCOc1ccccc1OCCNCCc1ccc(OC)c(S(N)(=O)=O)c1.Cl. The fourth-order valence-corrected chi connectivity index (χ4v) is 3.28. The van der Waals surface area contributed by atoms with E-state index < -0.39 is 10.0 Å². The number of methoxy groups -OCH3 is 1. The first-order chi connectivity index (χ1) is 13.0. The topological polar surface area (TPSA) is 99.9 Å². The summed E-state index contributed by atoms with van der Waals surface area (Å²) in [5, 5.41) is 8.50. The first-order valence-electron chi connectivity index (χ1n) is 8.70. The highest BCUT2D eigenvalue weighted by atomic mass is 35.5. The van der Waals surface area contributed by atoms with Crippen molar-refractivity contribution in [2.24, 2.45) is 5.14 Å². The third-order valence-electron chi connectivity index (χ3n) is 3.81. The minimum atomic E-state index is -3.82. The minimum absolute atomic E-state index is 0. The number of nitrogens with one attached hydrogen (secondary N) is 1. The molecule has 3 N–H and O–H groups in total. The first kappa shape index (κ1) is 24.0. The maximum Gasteiger partial charge on any atom is 0.241 e. The molecule has 0 aliphatic heterocycles. The predicted molar refractivity (Wildman–Crippen MR) is 111 cm³/mol. The highest BCUT2D eigenvalue weighted by Crippen LogP contribution is 2.26. The second-order valence-electron chi connectivity index (χ2n) is 5.76. The molecule has 0 aromatic heterocycles. The van der Waals surface area contributed by atoms with Gasteiger partial charge in [0.1, 0.15) is 17.3 Å². The molecule has 0 spiro atoms. The van der Waals surface area contributed by atoms with E-state index in [-0.39, 0.29) is 23.1 Å². The number of sulfonamides is 1. The lowest BCUT2D eigenvalue weighted by molar-refractivity contribution is 0.276.